The summed E-state index contributed by atoms with van der Waals surface area (Å²) < 4.78 is 5.13. The number of ether oxygens (including phenoxy) is 1. The Bertz CT molecular complexity index is 398. The van der Waals surface area contributed by atoms with Gasteiger partial charge in [-0.3, -0.25) is 0 Å². The molecule has 0 bridgehead atoms. The molecule has 1 aromatic carbocycles. The zero-order valence-corrected chi connectivity index (χ0v) is 12.6. The lowest BCUT2D eigenvalue weighted by Crippen LogP contribution is -2.38. The summed E-state index contributed by atoms with van der Waals surface area (Å²) >= 11 is 0. The Morgan fingerprint density at radius 3 is 2.50 bits per heavy atom. The molecule has 112 valence electrons. The van der Waals surface area contributed by atoms with Crippen LogP contribution < -0.4 is 5.32 Å². The maximum Gasteiger partial charge on any atom is 0.407 e. The van der Waals surface area contributed by atoms with Crippen LogP contribution in [0.2, 0.25) is 0 Å². The van der Waals surface area contributed by atoms with Crippen molar-refractivity contribution >= 4 is 6.09 Å². The van der Waals surface area contributed by atoms with E-state index in [4.69, 9.17) is 4.74 Å². The average molecular weight is 279 g/mol. The summed E-state index contributed by atoms with van der Waals surface area (Å²) in [6.45, 7) is 6.57. The predicted octanol–water partition coefficient (Wildman–Crippen LogP) is 3.10. The van der Waals surface area contributed by atoms with E-state index in [0.717, 1.165) is 18.4 Å². The maximum atomic E-state index is 11.7. The van der Waals surface area contributed by atoms with Gasteiger partial charge in [-0.05, 0) is 23.8 Å². The van der Waals surface area contributed by atoms with Gasteiger partial charge >= 0.3 is 6.09 Å². The van der Waals surface area contributed by atoms with Crippen LogP contribution in [0.15, 0.2) is 30.3 Å². The van der Waals surface area contributed by atoms with Crippen LogP contribution in [0.25, 0.3) is 0 Å². The SMILES string of the molecule is CC(C)(C)CCC(CO)NC(=O)OCc1ccccc1. The molecule has 20 heavy (non-hydrogen) atoms. The average Bonchev–Trinajstić information content (AvgIpc) is 2.41. The van der Waals surface area contributed by atoms with Gasteiger partial charge in [0.05, 0.1) is 12.6 Å². The molecule has 0 aliphatic rings. The molecule has 0 radical (unpaired) electrons. The zero-order chi connectivity index (χ0) is 15.0. The van der Waals surface area contributed by atoms with Crippen molar-refractivity contribution in [1.82, 2.24) is 5.32 Å². The number of benzene rings is 1. The van der Waals surface area contributed by atoms with E-state index in [-0.39, 0.29) is 24.7 Å². The highest BCUT2D eigenvalue weighted by Crippen LogP contribution is 2.21. The van der Waals surface area contributed by atoms with Crippen LogP contribution in [0.4, 0.5) is 4.79 Å². The van der Waals surface area contributed by atoms with Gasteiger partial charge in [0, 0.05) is 0 Å². The smallest absolute Gasteiger partial charge is 0.407 e. The molecule has 0 heterocycles. The Morgan fingerprint density at radius 1 is 1.30 bits per heavy atom. The van der Waals surface area contributed by atoms with Gasteiger partial charge in [0.25, 0.3) is 0 Å². The van der Waals surface area contributed by atoms with Gasteiger partial charge in [0.1, 0.15) is 6.61 Å². The van der Waals surface area contributed by atoms with E-state index in [0.29, 0.717) is 0 Å². The predicted molar refractivity (Wildman–Crippen MR) is 79.3 cm³/mol. The van der Waals surface area contributed by atoms with Gasteiger partial charge in [0.2, 0.25) is 0 Å². The number of hydrogen-bond donors (Lipinski definition) is 2. The molecule has 1 aromatic rings. The number of carbonyl (C=O) groups is 1. The van der Waals surface area contributed by atoms with Crippen LogP contribution in [0.1, 0.15) is 39.2 Å². The quantitative estimate of drug-likeness (QED) is 0.841. The molecular formula is C16H25NO3. The van der Waals surface area contributed by atoms with E-state index < -0.39 is 6.09 Å². The number of carbonyl (C=O) groups excluding carboxylic acids is 1. The topological polar surface area (TPSA) is 58.6 Å². The molecule has 1 atom stereocenters. The number of aliphatic hydroxyl groups excluding tert-OH is 1. The Hall–Kier alpha value is -1.55. The standard InChI is InChI=1S/C16H25NO3/c1-16(2,3)10-9-14(11-18)17-15(19)20-12-13-7-5-4-6-8-13/h4-8,14,18H,9-12H2,1-3H3,(H,17,19). The summed E-state index contributed by atoms with van der Waals surface area (Å²) in [6.07, 6.45) is 1.18. The molecule has 0 fully saturated rings. The molecule has 4 heteroatoms. The molecule has 0 aromatic heterocycles. The fourth-order valence-corrected chi connectivity index (χ4v) is 1.75. The highest BCUT2D eigenvalue weighted by Gasteiger charge is 2.17. The van der Waals surface area contributed by atoms with Crippen LogP contribution in [-0.2, 0) is 11.3 Å². The van der Waals surface area contributed by atoms with Crippen LogP contribution in [0, 0.1) is 5.41 Å². The summed E-state index contributed by atoms with van der Waals surface area (Å²) in [4.78, 5) is 11.7. The molecule has 1 rings (SSSR count). The van der Waals surface area contributed by atoms with Crippen LogP contribution >= 0.6 is 0 Å². The lowest BCUT2D eigenvalue weighted by atomic mass is 9.89. The van der Waals surface area contributed by atoms with E-state index in [1.54, 1.807) is 0 Å². The molecule has 2 N–H and O–H groups in total. The van der Waals surface area contributed by atoms with Crippen molar-refractivity contribution in [3.8, 4) is 0 Å². The maximum absolute atomic E-state index is 11.7. The minimum atomic E-state index is -0.484. The number of alkyl carbamates (subject to hydrolysis) is 1. The first-order chi connectivity index (χ1) is 9.40. The fraction of sp³-hybridized carbons (Fsp3) is 0.562. The third-order valence-corrected chi connectivity index (χ3v) is 3.00. The van der Waals surface area contributed by atoms with Gasteiger partial charge in [0.15, 0.2) is 0 Å². The van der Waals surface area contributed by atoms with Crippen molar-refractivity contribution in [2.24, 2.45) is 5.41 Å². The van der Waals surface area contributed by atoms with Crippen molar-refractivity contribution in [3.63, 3.8) is 0 Å². The van der Waals surface area contributed by atoms with E-state index in [9.17, 15) is 9.90 Å². The fourth-order valence-electron chi connectivity index (χ4n) is 1.75. The molecule has 1 amide bonds. The first-order valence-corrected chi connectivity index (χ1v) is 6.99. The van der Waals surface area contributed by atoms with Gasteiger partial charge in [-0.25, -0.2) is 4.79 Å². The van der Waals surface area contributed by atoms with E-state index in [2.05, 4.69) is 26.1 Å². The van der Waals surface area contributed by atoms with Crippen molar-refractivity contribution in [1.29, 1.82) is 0 Å². The van der Waals surface area contributed by atoms with E-state index in [1.807, 2.05) is 30.3 Å². The summed E-state index contributed by atoms with van der Waals surface area (Å²) in [6, 6.07) is 9.26. The van der Waals surface area contributed by atoms with Crippen LogP contribution in [0.3, 0.4) is 0 Å². The van der Waals surface area contributed by atoms with Crippen molar-refractivity contribution < 1.29 is 14.6 Å². The van der Waals surface area contributed by atoms with Gasteiger partial charge < -0.3 is 15.2 Å². The molecule has 0 spiro atoms. The third-order valence-electron chi connectivity index (χ3n) is 3.00. The lowest BCUT2D eigenvalue weighted by Gasteiger charge is -2.22. The minimum Gasteiger partial charge on any atom is -0.445 e. The monoisotopic (exact) mass is 279 g/mol. The first-order valence-electron chi connectivity index (χ1n) is 6.99. The second kappa shape index (κ2) is 7.90. The Morgan fingerprint density at radius 2 is 1.95 bits per heavy atom. The largest absolute Gasteiger partial charge is 0.445 e. The Balaban J connectivity index is 2.32. The summed E-state index contributed by atoms with van der Waals surface area (Å²) in [5, 5.41) is 12.0. The first kappa shape index (κ1) is 16.5. The molecular weight excluding hydrogens is 254 g/mol. The highest BCUT2D eigenvalue weighted by atomic mass is 16.5. The number of hydrogen-bond acceptors (Lipinski definition) is 3. The van der Waals surface area contributed by atoms with E-state index >= 15 is 0 Å². The minimum absolute atomic E-state index is 0.0729. The molecule has 4 nitrogen and oxygen atoms in total. The Kier molecular flexibility index (Phi) is 6.52. The molecule has 0 saturated carbocycles. The van der Waals surface area contributed by atoms with Crippen LogP contribution in [0.5, 0.6) is 0 Å². The summed E-state index contributed by atoms with van der Waals surface area (Å²) in [5.41, 5.74) is 1.13. The second-order valence-corrected chi connectivity index (χ2v) is 6.18. The van der Waals surface area contributed by atoms with Gasteiger partial charge in [-0.1, -0.05) is 51.1 Å². The van der Waals surface area contributed by atoms with Gasteiger partial charge in [-0.15, -0.1) is 0 Å². The highest BCUT2D eigenvalue weighted by molar-refractivity contribution is 5.67. The second-order valence-electron chi connectivity index (χ2n) is 6.18. The number of amides is 1. The molecule has 0 saturated heterocycles. The molecule has 0 aliphatic heterocycles. The Labute approximate surface area is 121 Å². The van der Waals surface area contributed by atoms with Crippen molar-refractivity contribution in [2.45, 2.75) is 46.3 Å². The molecule has 1 unspecified atom stereocenters. The number of rotatable bonds is 6. The summed E-state index contributed by atoms with van der Waals surface area (Å²) in [5.74, 6) is 0. The van der Waals surface area contributed by atoms with Gasteiger partial charge in [-0.2, -0.15) is 0 Å². The van der Waals surface area contributed by atoms with Crippen molar-refractivity contribution in [3.05, 3.63) is 35.9 Å². The zero-order valence-electron chi connectivity index (χ0n) is 12.6. The number of nitrogens with one attached hydrogen (secondary N) is 1. The third kappa shape index (κ3) is 7.14. The molecule has 0 aliphatic carbocycles. The van der Waals surface area contributed by atoms with Crippen LogP contribution in [-0.4, -0.2) is 23.8 Å². The summed E-state index contributed by atoms with van der Waals surface area (Å²) in [7, 11) is 0. The van der Waals surface area contributed by atoms with E-state index in [1.165, 1.54) is 0 Å². The normalized spacial score (nSPS) is 12.8. The van der Waals surface area contributed by atoms with Crippen molar-refractivity contribution in [2.75, 3.05) is 6.61 Å². The number of aliphatic hydroxyl groups is 1. The lowest BCUT2D eigenvalue weighted by molar-refractivity contribution is 0.126.